The summed E-state index contributed by atoms with van der Waals surface area (Å²) in [5.41, 5.74) is 0. The predicted molar refractivity (Wildman–Crippen MR) is 85.6 cm³/mol. The Labute approximate surface area is 126 Å². The minimum atomic E-state index is -0.0993. The fourth-order valence-electron chi connectivity index (χ4n) is 3.53. The monoisotopic (exact) mass is 295 g/mol. The van der Waals surface area contributed by atoms with Crippen molar-refractivity contribution in [1.29, 1.82) is 0 Å². The summed E-state index contributed by atoms with van der Waals surface area (Å²) in [5, 5.41) is 3.46. The maximum atomic E-state index is 13.7. The molecule has 0 aromatic heterocycles. The van der Waals surface area contributed by atoms with Gasteiger partial charge in [-0.25, -0.2) is 4.39 Å². The molecule has 0 bridgehead atoms. The fourth-order valence-corrected chi connectivity index (χ4v) is 4.71. The van der Waals surface area contributed by atoms with Crippen LogP contribution in [-0.4, -0.2) is 18.8 Å². The minimum Gasteiger partial charge on any atom is -0.316 e. The van der Waals surface area contributed by atoms with Gasteiger partial charge in [0.15, 0.2) is 0 Å². The number of hydrogen-bond donors (Lipinski definition) is 1. The first-order valence-corrected chi connectivity index (χ1v) is 8.63. The molecule has 0 radical (unpaired) electrons. The van der Waals surface area contributed by atoms with Crippen molar-refractivity contribution >= 4 is 11.8 Å². The van der Waals surface area contributed by atoms with Crippen LogP contribution >= 0.6 is 11.8 Å². The van der Waals surface area contributed by atoms with E-state index in [0.717, 1.165) is 28.4 Å². The number of halogens is 1. The number of thioether (sulfide) groups is 1. The first-order chi connectivity index (χ1) is 9.60. The summed E-state index contributed by atoms with van der Waals surface area (Å²) >= 11 is 1.64. The van der Waals surface area contributed by atoms with Gasteiger partial charge in [0.25, 0.3) is 0 Å². The molecule has 1 N–H and O–H groups in total. The highest BCUT2D eigenvalue weighted by molar-refractivity contribution is 7.99. The third kappa shape index (κ3) is 4.23. The van der Waals surface area contributed by atoms with Gasteiger partial charge in [0.05, 0.1) is 0 Å². The maximum Gasteiger partial charge on any atom is 0.136 e. The van der Waals surface area contributed by atoms with E-state index in [1.807, 2.05) is 19.2 Å². The molecule has 0 heterocycles. The van der Waals surface area contributed by atoms with Crippen molar-refractivity contribution in [3.05, 3.63) is 30.1 Å². The molecule has 1 aromatic rings. The molecule has 1 nitrogen and oxygen atoms in total. The van der Waals surface area contributed by atoms with Gasteiger partial charge in [-0.1, -0.05) is 26.0 Å². The third-order valence-corrected chi connectivity index (χ3v) is 5.58. The van der Waals surface area contributed by atoms with Crippen LogP contribution in [0.25, 0.3) is 0 Å². The topological polar surface area (TPSA) is 12.0 Å². The van der Waals surface area contributed by atoms with Crippen molar-refractivity contribution in [1.82, 2.24) is 5.32 Å². The lowest BCUT2D eigenvalue weighted by atomic mass is 9.74. The van der Waals surface area contributed by atoms with E-state index in [1.54, 1.807) is 23.9 Å². The Balaban J connectivity index is 1.93. The lowest BCUT2D eigenvalue weighted by molar-refractivity contribution is 0.188. The quantitative estimate of drug-likeness (QED) is 0.798. The second kappa shape index (κ2) is 7.46. The van der Waals surface area contributed by atoms with Crippen molar-refractivity contribution in [3.8, 4) is 0 Å². The van der Waals surface area contributed by atoms with E-state index in [9.17, 15) is 4.39 Å². The normalized spacial score (nSPS) is 28.3. The van der Waals surface area contributed by atoms with Crippen LogP contribution in [0.15, 0.2) is 29.2 Å². The van der Waals surface area contributed by atoms with Gasteiger partial charge >= 0.3 is 0 Å². The molecule has 1 aliphatic rings. The smallest absolute Gasteiger partial charge is 0.136 e. The lowest BCUT2D eigenvalue weighted by Gasteiger charge is -2.36. The zero-order valence-corrected chi connectivity index (χ0v) is 13.5. The maximum absolute atomic E-state index is 13.7. The average Bonchev–Trinajstić information content (AvgIpc) is 2.40. The molecule has 3 atom stereocenters. The molecule has 1 saturated carbocycles. The number of nitrogens with one attached hydrogen (secondary N) is 1. The van der Waals surface area contributed by atoms with Gasteiger partial charge in [0, 0.05) is 16.7 Å². The molecule has 1 fully saturated rings. The number of hydrogen-bond acceptors (Lipinski definition) is 2. The van der Waals surface area contributed by atoms with Crippen molar-refractivity contribution in [2.24, 2.45) is 17.8 Å². The van der Waals surface area contributed by atoms with Gasteiger partial charge in [-0.3, -0.25) is 0 Å². The zero-order valence-electron chi connectivity index (χ0n) is 12.7. The van der Waals surface area contributed by atoms with Crippen LogP contribution in [0, 0.1) is 23.6 Å². The van der Waals surface area contributed by atoms with Crippen LogP contribution in [0.2, 0.25) is 0 Å². The van der Waals surface area contributed by atoms with E-state index < -0.39 is 0 Å². The molecule has 0 saturated heterocycles. The zero-order chi connectivity index (χ0) is 14.5. The Morgan fingerprint density at radius 1 is 1.20 bits per heavy atom. The molecule has 2 rings (SSSR count). The van der Waals surface area contributed by atoms with Gasteiger partial charge in [0.2, 0.25) is 0 Å². The lowest BCUT2D eigenvalue weighted by Crippen LogP contribution is -2.39. The van der Waals surface area contributed by atoms with Gasteiger partial charge < -0.3 is 5.32 Å². The fraction of sp³-hybridized carbons (Fsp3) is 0.647. The molecule has 0 spiro atoms. The number of benzene rings is 1. The highest BCUT2D eigenvalue weighted by Crippen LogP contribution is 2.36. The molecule has 3 heteroatoms. The third-order valence-electron chi connectivity index (χ3n) is 4.41. The van der Waals surface area contributed by atoms with Crippen LogP contribution in [0.5, 0.6) is 0 Å². The Bertz CT molecular complexity index is 413. The van der Waals surface area contributed by atoms with Gasteiger partial charge in [-0.15, -0.1) is 11.8 Å². The number of rotatable bonds is 5. The van der Waals surface area contributed by atoms with E-state index in [4.69, 9.17) is 0 Å². The molecule has 3 unspecified atom stereocenters. The van der Waals surface area contributed by atoms with Crippen LogP contribution in [0.1, 0.15) is 33.1 Å². The van der Waals surface area contributed by atoms with E-state index >= 15 is 0 Å². The summed E-state index contributed by atoms with van der Waals surface area (Å²) in [6, 6.07) is 7.55. The highest BCUT2D eigenvalue weighted by atomic mass is 32.2. The standard InChI is InChI=1S/C17H26FNS/c1-12-8-13(2)10-14(9-12)16(19-3)11-20-17-7-5-4-6-15(17)18/h4-7,12-14,16,19H,8-11H2,1-3H3. The summed E-state index contributed by atoms with van der Waals surface area (Å²) in [6.45, 7) is 4.72. The largest absolute Gasteiger partial charge is 0.316 e. The van der Waals surface area contributed by atoms with Gasteiger partial charge in [-0.2, -0.15) is 0 Å². The van der Waals surface area contributed by atoms with Crippen molar-refractivity contribution < 1.29 is 4.39 Å². The molecule has 1 aliphatic carbocycles. The second-order valence-corrected chi connectivity index (χ2v) is 7.38. The SMILES string of the molecule is CNC(CSc1ccccc1F)C1CC(C)CC(C)C1. The highest BCUT2D eigenvalue weighted by Gasteiger charge is 2.29. The summed E-state index contributed by atoms with van der Waals surface area (Å²) in [5.74, 6) is 3.20. The molecule has 0 amide bonds. The summed E-state index contributed by atoms with van der Waals surface area (Å²) in [6.07, 6.45) is 3.95. The minimum absolute atomic E-state index is 0.0993. The first kappa shape index (κ1) is 15.8. The Morgan fingerprint density at radius 3 is 2.45 bits per heavy atom. The molecular weight excluding hydrogens is 269 g/mol. The van der Waals surface area contributed by atoms with Crippen molar-refractivity contribution in [3.63, 3.8) is 0 Å². The van der Waals surface area contributed by atoms with Gasteiger partial charge in [-0.05, 0) is 56.2 Å². The summed E-state index contributed by atoms with van der Waals surface area (Å²) in [7, 11) is 2.04. The summed E-state index contributed by atoms with van der Waals surface area (Å²) in [4.78, 5) is 0.768. The molecule has 0 aliphatic heterocycles. The van der Waals surface area contributed by atoms with Crippen LogP contribution in [-0.2, 0) is 0 Å². The summed E-state index contributed by atoms with van der Waals surface area (Å²) < 4.78 is 13.7. The molecule has 20 heavy (non-hydrogen) atoms. The molecular formula is C17H26FNS. The van der Waals surface area contributed by atoms with Gasteiger partial charge in [0.1, 0.15) is 5.82 Å². The van der Waals surface area contributed by atoms with Crippen LogP contribution in [0.3, 0.4) is 0 Å². The van der Waals surface area contributed by atoms with E-state index in [1.165, 1.54) is 19.3 Å². The first-order valence-electron chi connectivity index (χ1n) is 7.64. The van der Waals surface area contributed by atoms with Crippen molar-refractivity contribution in [2.75, 3.05) is 12.8 Å². The Morgan fingerprint density at radius 2 is 1.85 bits per heavy atom. The van der Waals surface area contributed by atoms with Crippen molar-refractivity contribution in [2.45, 2.75) is 44.0 Å². The second-order valence-electron chi connectivity index (χ2n) is 6.31. The van der Waals surface area contributed by atoms with Crippen LogP contribution in [0.4, 0.5) is 4.39 Å². The van der Waals surface area contributed by atoms with E-state index in [-0.39, 0.29) is 5.82 Å². The Kier molecular flexibility index (Phi) is 5.91. The Hall–Kier alpha value is -0.540. The predicted octanol–water partition coefficient (Wildman–Crippen LogP) is 4.58. The van der Waals surface area contributed by atoms with Crippen LogP contribution < -0.4 is 5.32 Å². The molecule has 1 aromatic carbocycles. The average molecular weight is 295 g/mol. The van der Waals surface area contributed by atoms with E-state index in [2.05, 4.69) is 19.2 Å². The molecule has 112 valence electrons. The van der Waals surface area contributed by atoms with E-state index in [0.29, 0.717) is 6.04 Å².